The highest BCUT2D eigenvalue weighted by atomic mass is 32.2. The fourth-order valence-electron chi connectivity index (χ4n) is 3.68. The summed E-state index contributed by atoms with van der Waals surface area (Å²) >= 11 is 3.36. The molecule has 0 atom stereocenters. The first-order chi connectivity index (χ1) is 14.3. The van der Waals surface area contributed by atoms with Crippen molar-refractivity contribution >= 4 is 35.1 Å². The summed E-state index contributed by atoms with van der Waals surface area (Å²) in [5, 5.41) is 11.5. The average Bonchev–Trinajstić information content (AvgIpc) is 3.22. The normalized spacial score (nSPS) is 15.9. The Morgan fingerprint density at radius 1 is 1.20 bits per heavy atom. The second-order valence-corrected chi connectivity index (χ2v) is 9.74. The molecule has 2 aromatic rings. The molecule has 6 nitrogen and oxygen atoms in total. The van der Waals surface area contributed by atoms with Gasteiger partial charge in [-0.25, -0.2) is 0 Å². The number of amides is 1. The van der Waals surface area contributed by atoms with Crippen LogP contribution in [0.2, 0.25) is 0 Å². The van der Waals surface area contributed by atoms with E-state index < -0.39 is 28.9 Å². The number of halogens is 3. The van der Waals surface area contributed by atoms with E-state index in [-0.39, 0.29) is 4.58 Å². The maximum absolute atomic E-state index is 14.3. The summed E-state index contributed by atoms with van der Waals surface area (Å²) in [5.74, 6) is 1.03. The molecule has 11 heteroatoms. The van der Waals surface area contributed by atoms with E-state index in [0.717, 1.165) is 33.7 Å². The van der Waals surface area contributed by atoms with Crippen molar-refractivity contribution in [3.8, 4) is 0 Å². The zero-order valence-corrected chi connectivity index (χ0v) is 18.6. The maximum atomic E-state index is 14.3. The number of carbonyl (C=O) groups is 1. The van der Waals surface area contributed by atoms with Gasteiger partial charge in [0.25, 0.3) is 5.91 Å². The van der Waals surface area contributed by atoms with Crippen LogP contribution in [0, 0.1) is 0 Å². The predicted molar refractivity (Wildman–Crippen MR) is 114 cm³/mol. The summed E-state index contributed by atoms with van der Waals surface area (Å²) < 4.78 is 43.8. The van der Waals surface area contributed by atoms with Gasteiger partial charge in [-0.3, -0.25) is 9.48 Å². The first-order valence-corrected chi connectivity index (χ1v) is 11.8. The Balaban J connectivity index is 2.10. The van der Waals surface area contributed by atoms with E-state index in [0.29, 0.717) is 18.5 Å². The zero-order chi connectivity index (χ0) is 21.9. The van der Waals surface area contributed by atoms with Crippen molar-refractivity contribution in [3.63, 3.8) is 0 Å². The van der Waals surface area contributed by atoms with Crippen LogP contribution in [0.5, 0.6) is 0 Å². The fraction of sp³-hybridized carbons (Fsp3) is 0.579. The topological polar surface area (TPSA) is 63.9 Å². The Labute approximate surface area is 182 Å². The molecule has 0 saturated carbocycles. The van der Waals surface area contributed by atoms with Crippen LogP contribution in [0.15, 0.2) is 24.7 Å². The van der Waals surface area contributed by atoms with E-state index in [1.807, 2.05) is 13.8 Å². The Bertz CT molecular complexity index is 865. The molecule has 164 valence electrons. The van der Waals surface area contributed by atoms with E-state index in [2.05, 4.69) is 15.3 Å². The largest absolute Gasteiger partial charge is 0.433 e. The molecule has 0 unspecified atom stereocenters. The summed E-state index contributed by atoms with van der Waals surface area (Å²) in [6.07, 6.45) is 1.03. The summed E-state index contributed by atoms with van der Waals surface area (Å²) in [6, 6.07) is 1.51. The van der Waals surface area contributed by atoms with Crippen LogP contribution >= 0.6 is 23.5 Å². The second-order valence-electron chi connectivity index (χ2n) is 7.02. The molecular weight excluding hydrogens is 435 g/mol. The second kappa shape index (κ2) is 9.17. The number of thioether (sulfide) groups is 2. The molecule has 0 spiro atoms. The smallest absolute Gasteiger partial charge is 0.310 e. The number of anilines is 1. The molecule has 0 radical (unpaired) electrons. The van der Waals surface area contributed by atoms with Crippen LogP contribution in [0.25, 0.3) is 0 Å². The van der Waals surface area contributed by atoms with Crippen molar-refractivity contribution in [2.24, 2.45) is 0 Å². The van der Waals surface area contributed by atoms with Crippen LogP contribution in [0.1, 0.15) is 49.2 Å². The molecule has 0 aromatic carbocycles. The Morgan fingerprint density at radius 3 is 2.40 bits per heavy atom. The van der Waals surface area contributed by atoms with Crippen LogP contribution < -0.4 is 4.90 Å². The highest BCUT2D eigenvalue weighted by Crippen LogP contribution is 2.48. The molecule has 3 heterocycles. The lowest BCUT2D eigenvalue weighted by Crippen LogP contribution is -2.45. The van der Waals surface area contributed by atoms with E-state index in [4.69, 9.17) is 0 Å². The molecule has 0 aliphatic carbocycles. The molecule has 1 aliphatic heterocycles. The first-order valence-electron chi connectivity index (χ1n) is 9.70. The van der Waals surface area contributed by atoms with Gasteiger partial charge in [0.15, 0.2) is 5.69 Å². The van der Waals surface area contributed by atoms with Crippen molar-refractivity contribution in [3.05, 3.63) is 35.9 Å². The maximum Gasteiger partial charge on any atom is 0.433 e. The molecule has 2 aromatic heterocycles. The lowest BCUT2D eigenvalue weighted by Gasteiger charge is -2.42. The molecule has 1 amide bonds. The number of aromatic nitrogens is 4. The minimum absolute atomic E-state index is 0.0627. The van der Waals surface area contributed by atoms with Crippen LogP contribution in [-0.2, 0) is 11.7 Å². The third-order valence-electron chi connectivity index (χ3n) is 5.44. The van der Waals surface area contributed by atoms with Gasteiger partial charge >= 0.3 is 6.18 Å². The van der Waals surface area contributed by atoms with E-state index in [1.54, 1.807) is 23.5 Å². The number of alkyl halides is 3. The van der Waals surface area contributed by atoms with Crippen molar-refractivity contribution in [1.29, 1.82) is 0 Å². The SMILES string of the molecule is CCC(CC)(C1SCCCS1)n1ncc(C(=O)N(C)c2ccnnc2)c1C(F)(F)F. The van der Waals surface area contributed by atoms with Gasteiger partial charge in [0.1, 0.15) is 0 Å². The predicted octanol–water partition coefficient (Wildman–Crippen LogP) is 4.68. The Morgan fingerprint density at radius 2 is 1.87 bits per heavy atom. The van der Waals surface area contributed by atoms with Gasteiger partial charge in [0.05, 0.1) is 40.0 Å². The lowest BCUT2D eigenvalue weighted by atomic mass is 9.94. The standard InChI is InChI=1S/C19H24F3N5OS2/c1-4-18(5-2,17-29-9-6-10-30-17)27-15(19(20,21)22)14(12-25-27)16(28)26(3)13-7-8-23-24-11-13/h7-8,11-12,17H,4-6,9-10H2,1-3H3. The van der Waals surface area contributed by atoms with Crippen molar-refractivity contribution in [2.45, 2.75) is 49.4 Å². The monoisotopic (exact) mass is 459 g/mol. The molecular formula is C19H24F3N5OS2. The van der Waals surface area contributed by atoms with Gasteiger partial charge in [-0.15, -0.1) is 23.5 Å². The quantitative estimate of drug-likeness (QED) is 0.625. The van der Waals surface area contributed by atoms with Crippen molar-refractivity contribution in [2.75, 3.05) is 23.5 Å². The minimum Gasteiger partial charge on any atom is -0.310 e. The van der Waals surface area contributed by atoms with Crippen LogP contribution in [0.3, 0.4) is 0 Å². The van der Waals surface area contributed by atoms with E-state index in [9.17, 15) is 18.0 Å². The molecule has 1 saturated heterocycles. The van der Waals surface area contributed by atoms with Gasteiger partial charge in [-0.05, 0) is 36.8 Å². The zero-order valence-electron chi connectivity index (χ0n) is 17.0. The summed E-state index contributed by atoms with van der Waals surface area (Å²) in [6.45, 7) is 3.77. The van der Waals surface area contributed by atoms with Crippen LogP contribution in [0.4, 0.5) is 18.9 Å². The third-order valence-corrected chi connectivity index (χ3v) is 8.79. The number of hydrogen-bond donors (Lipinski definition) is 0. The Hall–Kier alpha value is -1.75. The number of nitrogens with zero attached hydrogens (tertiary/aromatic N) is 5. The van der Waals surface area contributed by atoms with Gasteiger partial charge in [-0.1, -0.05) is 13.8 Å². The molecule has 1 fully saturated rings. The number of rotatable bonds is 6. The first kappa shape index (κ1) is 22.9. The van der Waals surface area contributed by atoms with E-state index >= 15 is 0 Å². The molecule has 1 aliphatic rings. The van der Waals surface area contributed by atoms with Gasteiger partial charge < -0.3 is 4.90 Å². The molecule has 0 N–H and O–H groups in total. The van der Waals surface area contributed by atoms with Gasteiger partial charge in [0.2, 0.25) is 0 Å². The summed E-state index contributed by atoms with van der Waals surface area (Å²) in [7, 11) is 1.41. The molecule has 3 rings (SSSR count). The highest BCUT2D eigenvalue weighted by Gasteiger charge is 2.49. The summed E-state index contributed by atoms with van der Waals surface area (Å²) in [4.78, 5) is 14.2. The van der Waals surface area contributed by atoms with Gasteiger partial charge in [-0.2, -0.15) is 28.5 Å². The number of hydrogen-bond acceptors (Lipinski definition) is 6. The average molecular weight is 460 g/mol. The number of carbonyl (C=O) groups excluding carboxylic acids is 1. The Kier molecular flexibility index (Phi) is 7.01. The molecule has 0 bridgehead atoms. The highest BCUT2D eigenvalue weighted by molar-refractivity contribution is 8.17. The third kappa shape index (κ3) is 4.18. The molecule has 30 heavy (non-hydrogen) atoms. The van der Waals surface area contributed by atoms with Crippen LogP contribution in [-0.4, -0.2) is 49.0 Å². The lowest BCUT2D eigenvalue weighted by molar-refractivity contribution is -0.147. The summed E-state index contributed by atoms with van der Waals surface area (Å²) in [5.41, 5.74) is -1.93. The van der Waals surface area contributed by atoms with Crippen molar-refractivity contribution < 1.29 is 18.0 Å². The fourth-order valence-corrected chi connectivity index (χ4v) is 7.36. The van der Waals surface area contributed by atoms with Gasteiger partial charge in [0, 0.05) is 7.05 Å². The van der Waals surface area contributed by atoms with E-state index in [1.165, 1.54) is 25.5 Å². The van der Waals surface area contributed by atoms with Crippen molar-refractivity contribution in [1.82, 2.24) is 20.0 Å². The minimum atomic E-state index is -4.72.